The Morgan fingerprint density at radius 2 is 1.70 bits per heavy atom. The molecular formula is C29H35N5O3. The number of rotatable bonds is 6. The van der Waals surface area contributed by atoms with Crippen molar-refractivity contribution in [2.45, 2.75) is 40.0 Å². The summed E-state index contributed by atoms with van der Waals surface area (Å²) in [5, 5.41) is 2.95. The van der Waals surface area contributed by atoms with Crippen LogP contribution in [0.25, 0.3) is 11.4 Å². The van der Waals surface area contributed by atoms with Gasteiger partial charge >= 0.3 is 12.0 Å². The molecule has 8 nitrogen and oxygen atoms in total. The zero-order valence-electron chi connectivity index (χ0n) is 22.0. The summed E-state index contributed by atoms with van der Waals surface area (Å²) in [6, 6.07) is 16.6. The molecule has 1 N–H and O–H groups in total. The predicted molar refractivity (Wildman–Crippen MR) is 146 cm³/mol. The molecule has 0 spiro atoms. The van der Waals surface area contributed by atoms with Gasteiger partial charge in [-0.05, 0) is 50.5 Å². The van der Waals surface area contributed by atoms with Crippen molar-refractivity contribution >= 4 is 23.5 Å². The Kier molecular flexibility index (Phi) is 8.38. The number of urea groups is 1. The first-order valence-corrected chi connectivity index (χ1v) is 12.9. The monoisotopic (exact) mass is 501 g/mol. The number of aromatic nitrogens is 2. The Hall–Kier alpha value is -3.94. The van der Waals surface area contributed by atoms with Gasteiger partial charge in [-0.15, -0.1) is 0 Å². The first-order valence-electron chi connectivity index (χ1n) is 12.9. The van der Waals surface area contributed by atoms with E-state index in [-0.39, 0.29) is 17.9 Å². The third-order valence-electron chi connectivity index (χ3n) is 6.46. The second-order valence-corrected chi connectivity index (χ2v) is 9.45. The van der Waals surface area contributed by atoms with Gasteiger partial charge in [-0.25, -0.2) is 19.6 Å². The van der Waals surface area contributed by atoms with Gasteiger partial charge in [0.15, 0.2) is 5.82 Å². The van der Waals surface area contributed by atoms with E-state index in [9.17, 15) is 9.59 Å². The van der Waals surface area contributed by atoms with Crippen molar-refractivity contribution in [1.29, 1.82) is 0 Å². The average Bonchev–Trinajstić information content (AvgIpc) is 3.15. The standard InChI is InChI=1S/C29H35N5O3/c1-5-37-28(35)23-12-14-24(15-13-23)31-29(36)34-17-9-16-33(18-19-34)27-25(20(2)3)21(4)30-26(32-27)22-10-7-6-8-11-22/h6-8,10-15,20H,5,9,16-19H2,1-4H3,(H,31,36). The summed E-state index contributed by atoms with van der Waals surface area (Å²) < 4.78 is 5.02. The second kappa shape index (κ2) is 11.9. The number of carbonyl (C=O) groups excluding carboxylic acids is 2. The number of esters is 1. The van der Waals surface area contributed by atoms with Crippen molar-refractivity contribution in [2.24, 2.45) is 0 Å². The molecule has 3 aromatic rings. The van der Waals surface area contributed by atoms with Crippen LogP contribution >= 0.6 is 0 Å². The number of hydrogen-bond acceptors (Lipinski definition) is 6. The van der Waals surface area contributed by atoms with Crippen molar-refractivity contribution < 1.29 is 14.3 Å². The molecule has 2 aromatic carbocycles. The van der Waals surface area contributed by atoms with Crippen molar-refractivity contribution in [3.63, 3.8) is 0 Å². The normalized spacial score (nSPS) is 13.9. The molecule has 2 heterocycles. The summed E-state index contributed by atoms with van der Waals surface area (Å²) in [7, 11) is 0. The topological polar surface area (TPSA) is 87.7 Å². The first-order chi connectivity index (χ1) is 17.9. The molecule has 0 aliphatic carbocycles. The summed E-state index contributed by atoms with van der Waals surface area (Å²) in [6.07, 6.45) is 0.830. The number of hydrogen-bond donors (Lipinski definition) is 1. The minimum atomic E-state index is -0.371. The molecule has 1 saturated heterocycles. The Balaban J connectivity index is 1.48. The largest absolute Gasteiger partial charge is 0.462 e. The molecule has 1 aliphatic rings. The van der Waals surface area contributed by atoms with Gasteiger partial charge in [-0.3, -0.25) is 0 Å². The molecule has 1 aliphatic heterocycles. The summed E-state index contributed by atoms with van der Waals surface area (Å²) in [5.74, 6) is 1.59. The molecule has 37 heavy (non-hydrogen) atoms. The number of carbonyl (C=O) groups is 2. The highest BCUT2D eigenvalue weighted by Crippen LogP contribution is 2.31. The number of benzene rings is 2. The van der Waals surface area contributed by atoms with Gasteiger partial charge in [0.25, 0.3) is 0 Å². The molecule has 0 radical (unpaired) electrons. The van der Waals surface area contributed by atoms with Gasteiger partial charge in [0.2, 0.25) is 0 Å². The third-order valence-corrected chi connectivity index (χ3v) is 6.46. The SMILES string of the molecule is CCOC(=O)c1ccc(NC(=O)N2CCCN(c3nc(-c4ccccc4)nc(C)c3C(C)C)CC2)cc1. The molecule has 0 atom stereocenters. The van der Waals surface area contributed by atoms with Crippen LogP contribution in [0.15, 0.2) is 54.6 Å². The second-order valence-electron chi connectivity index (χ2n) is 9.45. The lowest BCUT2D eigenvalue weighted by Gasteiger charge is -2.27. The zero-order chi connectivity index (χ0) is 26.4. The number of aryl methyl sites for hydroxylation is 1. The minimum Gasteiger partial charge on any atom is -0.462 e. The fourth-order valence-corrected chi connectivity index (χ4v) is 4.64. The number of amides is 2. The Labute approximate surface area is 218 Å². The van der Waals surface area contributed by atoms with Crippen molar-refractivity contribution in [3.8, 4) is 11.4 Å². The predicted octanol–water partition coefficient (Wildman–Crippen LogP) is 5.50. The van der Waals surface area contributed by atoms with Gasteiger partial charge in [0, 0.05) is 48.7 Å². The molecule has 2 amide bonds. The quantitative estimate of drug-likeness (QED) is 0.449. The van der Waals surface area contributed by atoms with Crippen molar-refractivity contribution in [1.82, 2.24) is 14.9 Å². The van der Waals surface area contributed by atoms with E-state index >= 15 is 0 Å². The summed E-state index contributed by atoms with van der Waals surface area (Å²) in [6.45, 7) is 11.2. The van der Waals surface area contributed by atoms with Crippen LogP contribution in [0, 0.1) is 6.92 Å². The number of anilines is 2. The highest BCUT2D eigenvalue weighted by Gasteiger charge is 2.25. The molecule has 8 heteroatoms. The van der Waals surface area contributed by atoms with E-state index in [1.54, 1.807) is 31.2 Å². The zero-order valence-corrected chi connectivity index (χ0v) is 22.0. The minimum absolute atomic E-state index is 0.154. The van der Waals surface area contributed by atoms with E-state index < -0.39 is 0 Å². The highest BCUT2D eigenvalue weighted by atomic mass is 16.5. The molecule has 1 aromatic heterocycles. The van der Waals surface area contributed by atoms with Gasteiger partial charge < -0.3 is 19.9 Å². The molecular weight excluding hydrogens is 466 g/mol. The number of nitrogens with one attached hydrogen (secondary N) is 1. The summed E-state index contributed by atoms with van der Waals surface area (Å²) in [5.41, 5.74) is 4.23. The van der Waals surface area contributed by atoms with Crippen molar-refractivity contribution in [3.05, 3.63) is 71.4 Å². The van der Waals surface area contributed by atoms with Crippen LogP contribution in [-0.4, -0.2) is 59.7 Å². The van der Waals surface area contributed by atoms with E-state index in [0.717, 1.165) is 41.4 Å². The fourth-order valence-electron chi connectivity index (χ4n) is 4.64. The van der Waals surface area contributed by atoms with Gasteiger partial charge in [-0.1, -0.05) is 44.2 Å². The maximum absolute atomic E-state index is 13.0. The van der Waals surface area contributed by atoms with E-state index in [1.807, 2.05) is 35.2 Å². The van der Waals surface area contributed by atoms with E-state index in [4.69, 9.17) is 14.7 Å². The van der Waals surface area contributed by atoms with Gasteiger partial charge in [-0.2, -0.15) is 0 Å². The molecule has 0 saturated carbocycles. The smallest absolute Gasteiger partial charge is 0.338 e. The highest BCUT2D eigenvalue weighted by molar-refractivity contribution is 5.92. The molecule has 194 valence electrons. The lowest BCUT2D eigenvalue weighted by atomic mass is 10.0. The molecule has 1 fully saturated rings. The van der Waals surface area contributed by atoms with Crippen LogP contribution in [0.2, 0.25) is 0 Å². The maximum atomic E-state index is 13.0. The van der Waals surface area contributed by atoms with Crippen LogP contribution in [-0.2, 0) is 4.74 Å². The van der Waals surface area contributed by atoms with Crippen LogP contribution < -0.4 is 10.2 Å². The Morgan fingerprint density at radius 3 is 2.38 bits per heavy atom. The first kappa shape index (κ1) is 26.1. The van der Waals surface area contributed by atoms with Crippen LogP contribution in [0.1, 0.15) is 54.7 Å². The van der Waals surface area contributed by atoms with Crippen molar-refractivity contribution in [2.75, 3.05) is 43.0 Å². The van der Waals surface area contributed by atoms with E-state index in [0.29, 0.717) is 37.5 Å². The lowest BCUT2D eigenvalue weighted by Crippen LogP contribution is -2.38. The number of nitrogens with zero attached hydrogens (tertiary/aromatic N) is 4. The van der Waals surface area contributed by atoms with Crippen LogP contribution in [0.4, 0.5) is 16.3 Å². The van der Waals surface area contributed by atoms with E-state index in [1.165, 1.54) is 0 Å². The lowest BCUT2D eigenvalue weighted by molar-refractivity contribution is 0.0526. The Bertz CT molecular complexity index is 1230. The maximum Gasteiger partial charge on any atom is 0.338 e. The fraction of sp³-hybridized carbons (Fsp3) is 0.379. The van der Waals surface area contributed by atoms with Crippen LogP contribution in [0.5, 0.6) is 0 Å². The Morgan fingerprint density at radius 1 is 0.973 bits per heavy atom. The summed E-state index contributed by atoms with van der Waals surface area (Å²) in [4.78, 5) is 38.9. The number of ether oxygens (including phenoxy) is 1. The molecule has 0 bridgehead atoms. The third kappa shape index (κ3) is 6.25. The molecule has 4 rings (SSSR count). The van der Waals surface area contributed by atoms with Gasteiger partial charge in [0.1, 0.15) is 5.82 Å². The van der Waals surface area contributed by atoms with Crippen LogP contribution in [0.3, 0.4) is 0 Å². The summed E-state index contributed by atoms with van der Waals surface area (Å²) >= 11 is 0. The van der Waals surface area contributed by atoms with Gasteiger partial charge in [0.05, 0.1) is 12.2 Å². The molecule has 0 unspecified atom stereocenters. The van der Waals surface area contributed by atoms with E-state index in [2.05, 4.69) is 31.0 Å². The average molecular weight is 502 g/mol.